The van der Waals surface area contributed by atoms with E-state index in [1.807, 2.05) is 20.8 Å². The summed E-state index contributed by atoms with van der Waals surface area (Å²) in [5, 5.41) is 2.84. The van der Waals surface area contributed by atoms with Gasteiger partial charge in [0.2, 0.25) is 11.8 Å². The van der Waals surface area contributed by atoms with Gasteiger partial charge in [-0.1, -0.05) is 34.1 Å². The van der Waals surface area contributed by atoms with Gasteiger partial charge in [0.05, 0.1) is 6.54 Å². The van der Waals surface area contributed by atoms with Crippen LogP contribution in [0.2, 0.25) is 0 Å². The average molecular weight is 268 g/mol. The van der Waals surface area contributed by atoms with Gasteiger partial charge < -0.3 is 10.2 Å². The molecule has 3 unspecified atom stereocenters. The highest BCUT2D eigenvalue weighted by atomic mass is 16.2. The van der Waals surface area contributed by atoms with Gasteiger partial charge in [-0.2, -0.15) is 0 Å². The first kappa shape index (κ1) is 16.0. The summed E-state index contributed by atoms with van der Waals surface area (Å²) >= 11 is 0. The summed E-state index contributed by atoms with van der Waals surface area (Å²) in [6.07, 6.45) is 2.94. The van der Waals surface area contributed by atoms with Crippen molar-refractivity contribution in [3.8, 4) is 0 Å². The topological polar surface area (TPSA) is 49.4 Å². The highest BCUT2D eigenvalue weighted by molar-refractivity contribution is 5.95. The molecule has 1 saturated heterocycles. The summed E-state index contributed by atoms with van der Waals surface area (Å²) < 4.78 is 0. The summed E-state index contributed by atoms with van der Waals surface area (Å²) in [4.78, 5) is 26.0. The summed E-state index contributed by atoms with van der Waals surface area (Å²) in [5.74, 6) is 0.879. The van der Waals surface area contributed by atoms with Crippen molar-refractivity contribution in [2.24, 2.45) is 11.8 Å². The van der Waals surface area contributed by atoms with Crippen molar-refractivity contribution in [3.63, 3.8) is 0 Å². The number of rotatable bonds is 6. The highest BCUT2D eigenvalue weighted by Gasteiger charge is 2.37. The van der Waals surface area contributed by atoms with Gasteiger partial charge in [-0.25, -0.2) is 0 Å². The van der Waals surface area contributed by atoms with E-state index in [2.05, 4.69) is 19.2 Å². The fourth-order valence-electron chi connectivity index (χ4n) is 2.42. The zero-order chi connectivity index (χ0) is 14.6. The van der Waals surface area contributed by atoms with Crippen LogP contribution >= 0.6 is 0 Å². The summed E-state index contributed by atoms with van der Waals surface area (Å²) in [7, 11) is 0. The molecule has 0 saturated carbocycles. The van der Waals surface area contributed by atoms with Crippen LogP contribution in [-0.4, -0.2) is 35.3 Å². The third kappa shape index (κ3) is 4.22. The molecule has 0 bridgehead atoms. The van der Waals surface area contributed by atoms with Gasteiger partial charge in [0.25, 0.3) is 0 Å². The summed E-state index contributed by atoms with van der Waals surface area (Å²) in [6.45, 7) is 10.7. The monoisotopic (exact) mass is 268 g/mol. The zero-order valence-electron chi connectivity index (χ0n) is 12.9. The van der Waals surface area contributed by atoms with Crippen molar-refractivity contribution in [2.75, 3.05) is 6.54 Å². The number of carbonyl (C=O) groups excluding carboxylic acids is 2. The van der Waals surface area contributed by atoms with Gasteiger partial charge in [-0.3, -0.25) is 9.59 Å². The van der Waals surface area contributed by atoms with E-state index in [-0.39, 0.29) is 36.4 Å². The lowest BCUT2D eigenvalue weighted by Gasteiger charge is -2.38. The Morgan fingerprint density at radius 3 is 2.37 bits per heavy atom. The molecule has 1 N–H and O–H groups in total. The van der Waals surface area contributed by atoms with Crippen LogP contribution in [0.25, 0.3) is 0 Å². The Kier molecular flexibility index (Phi) is 5.83. The van der Waals surface area contributed by atoms with Gasteiger partial charge in [0, 0.05) is 6.04 Å². The number of hydrogen-bond donors (Lipinski definition) is 1. The van der Waals surface area contributed by atoms with E-state index in [1.165, 1.54) is 0 Å². The molecule has 0 aromatic rings. The van der Waals surface area contributed by atoms with Crippen LogP contribution in [0.15, 0.2) is 0 Å². The van der Waals surface area contributed by atoms with Crippen molar-refractivity contribution < 1.29 is 9.59 Å². The lowest BCUT2D eigenvalue weighted by Crippen LogP contribution is -2.62. The Morgan fingerprint density at radius 2 is 1.84 bits per heavy atom. The molecule has 0 aliphatic carbocycles. The predicted octanol–water partition coefficient (Wildman–Crippen LogP) is 2.18. The number of hydrogen-bond acceptors (Lipinski definition) is 2. The predicted molar refractivity (Wildman–Crippen MR) is 76.6 cm³/mol. The second-order valence-electron chi connectivity index (χ2n) is 6.22. The fourth-order valence-corrected chi connectivity index (χ4v) is 2.42. The lowest BCUT2D eigenvalue weighted by atomic mass is 9.94. The molecule has 3 atom stereocenters. The van der Waals surface area contributed by atoms with Crippen molar-refractivity contribution in [1.82, 2.24) is 10.2 Å². The Morgan fingerprint density at radius 1 is 1.21 bits per heavy atom. The van der Waals surface area contributed by atoms with E-state index in [9.17, 15) is 9.59 Å². The molecule has 2 amide bonds. The molecule has 1 rings (SSSR count). The Labute approximate surface area is 116 Å². The molecule has 0 aromatic carbocycles. The third-order valence-electron chi connectivity index (χ3n) is 4.09. The number of carbonyl (C=O) groups is 2. The number of piperazine rings is 1. The van der Waals surface area contributed by atoms with Crippen LogP contribution in [-0.2, 0) is 9.59 Å². The minimum Gasteiger partial charge on any atom is -0.342 e. The van der Waals surface area contributed by atoms with E-state index in [0.29, 0.717) is 5.92 Å². The fraction of sp³-hybridized carbons (Fsp3) is 0.867. The number of nitrogens with zero attached hydrogens (tertiary/aromatic N) is 1. The SMILES string of the molecule is CCC(C)C1NC(=O)CN(C(C)CCC(C)C)C1=O. The summed E-state index contributed by atoms with van der Waals surface area (Å²) in [6, 6.07) is -0.194. The molecule has 0 aromatic heterocycles. The molecular weight excluding hydrogens is 240 g/mol. The maximum absolute atomic E-state index is 12.5. The molecule has 1 fully saturated rings. The highest BCUT2D eigenvalue weighted by Crippen LogP contribution is 2.19. The first-order valence-corrected chi connectivity index (χ1v) is 7.46. The van der Waals surface area contributed by atoms with Crippen LogP contribution in [0.3, 0.4) is 0 Å². The largest absolute Gasteiger partial charge is 0.342 e. The van der Waals surface area contributed by atoms with Crippen molar-refractivity contribution in [3.05, 3.63) is 0 Å². The van der Waals surface area contributed by atoms with E-state index < -0.39 is 0 Å². The van der Waals surface area contributed by atoms with Gasteiger partial charge in [0.15, 0.2) is 0 Å². The first-order chi connectivity index (χ1) is 8.86. The molecule has 19 heavy (non-hydrogen) atoms. The molecule has 0 spiro atoms. The van der Waals surface area contributed by atoms with Gasteiger partial charge in [0.1, 0.15) is 6.04 Å². The number of amides is 2. The molecular formula is C15H28N2O2. The van der Waals surface area contributed by atoms with Crippen LogP contribution in [0.1, 0.15) is 53.9 Å². The van der Waals surface area contributed by atoms with Crippen molar-refractivity contribution in [2.45, 2.75) is 66.0 Å². The minimum absolute atomic E-state index is 0.0266. The van der Waals surface area contributed by atoms with Crippen molar-refractivity contribution in [1.29, 1.82) is 0 Å². The lowest BCUT2D eigenvalue weighted by molar-refractivity contribution is -0.148. The van der Waals surface area contributed by atoms with Crippen LogP contribution < -0.4 is 5.32 Å². The first-order valence-electron chi connectivity index (χ1n) is 7.46. The number of nitrogens with one attached hydrogen (secondary N) is 1. The van der Waals surface area contributed by atoms with Crippen LogP contribution in [0.4, 0.5) is 0 Å². The zero-order valence-corrected chi connectivity index (χ0v) is 12.9. The second-order valence-corrected chi connectivity index (χ2v) is 6.22. The second kappa shape index (κ2) is 6.92. The van der Waals surface area contributed by atoms with Gasteiger partial charge in [-0.05, 0) is 31.6 Å². The Hall–Kier alpha value is -1.06. The van der Waals surface area contributed by atoms with E-state index in [4.69, 9.17) is 0 Å². The standard InChI is InChI=1S/C15H28N2O2/c1-6-11(4)14-15(19)17(9-13(18)16-14)12(5)8-7-10(2)3/h10-12,14H,6-9H2,1-5H3,(H,16,18). The third-order valence-corrected chi connectivity index (χ3v) is 4.09. The van der Waals surface area contributed by atoms with Gasteiger partial charge >= 0.3 is 0 Å². The quantitative estimate of drug-likeness (QED) is 0.802. The van der Waals surface area contributed by atoms with Gasteiger partial charge in [-0.15, -0.1) is 0 Å². The van der Waals surface area contributed by atoms with E-state index in [0.717, 1.165) is 19.3 Å². The molecule has 1 aliphatic heterocycles. The minimum atomic E-state index is -0.340. The molecule has 1 heterocycles. The smallest absolute Gasteiger partial charge is 0.246 e. The molecule has 110 valence electrons. The molecule has 4 nitrogen and oxygen atoms in total. The Balaban J connectivity index is 2.71. The normalized spacial score (nSPS) is 23.5. The maximum Gasteiger partial charge on any atom is 0.246 e. The van der Waals surface area contributed by atoms with E-state index in [1.54, 1.807) is 4.90 Å². The maximum atomic E-state index is 12.5. The molecule has 4 heteroatoms. The van der Waals surface area contributed by atoms with Crippen molar-refractivity contribution >= 4 is 11.8 Å². The van der Waals surface area contributed by atoms with Crippen LogP contribution in [0.5, 0.6) is 0 Å². The summed E-state index contributed by atoms with van der Waals surface area (Å²) in [5.41, 5.74) is 0. The molecule has 0 radical (unpaired) electrons. The van der Waals surface area contributed by atoms with E-state index >= 15 is 0 Å². The van der Waals surface area contributed by atoms with Crippen LogP contribution in [0, 0.1) is 11.8 Å². The average Bonchev–Trinajstić information content (AvgIpc) is 2.37. The Bertz CT molecular complexity index is 328. The molecule has 1 aliphatic rings.